The maximum absolute atomic E-state index is 12.7. The number of aryl methyl sites for hydroxylation is 1. The quantitative estimate of drug-likeness (QED) is 0.650. The van der Waals surface area contributed by atoms with Gasteiger partial charge < -0.3 is 14.6 Å². The first-order valence-electron chi connectivity index (χ1n) is 8.66. The van der Waals surface area contributed by atoms with Gasteiger partial charge in [0.15, 0.2) is 5.78 Å². The van der Waals surface area contributed by atoms with Crippen LogP contribution in [0.5, 0.6) is 0 Å². The molecule has 3 heterocycles. The summed E-state index contributed by atoms with van der Waals surface area (Å²) in [6.07, 6.45) is 2.27. The monoisotopic (exact) mass is 347 g/mol. The number of Topliss-reactive ketones (excluding diaryl/α,β-unsaturated/α-hetero) is 1. The highest BCUT2D eigenvalue weighted by Gasteiger charge is 2.45. The van der Waals surface area contributed by atoms with Gasteiger partial charge in [-0.05, 0) is 46.6 Å². The molecule has 0 spiro atoms. The van der Waals surface area contributed by atoms with Crippen LogP contribution in [-0.2, 0) is 16.1 Å². The number of nitrogens with one attached hydrogen (secondary N) is 1. The second-order valence-corrected chi connectivity index (χ2v) is 7.40. The summed E-state index contributed by atoms with van der Waals surface area (Å²) in [7, 11) is 0. The summed E-state index contributed by atoms with van der Waals surface area (Å²) in [5.41, 5.74) is 1.42. The minimum Gasteiger partial charge on any atom is -0.376 e. The van der Waals surface area contributed by atoms with E-state index in [0.29, 0.717) is 5.56 Å². The highest BCUT2D eigenvalue weighted by atomic mass is 16.5. The second kappa shape index (κ2) is 6.29. The van der Waals surface area contributed by atoms with Crippen molar-refractivity contribution in [2.75, 3.05) is 13.2 Å². The number of aromatic nitrogens is 1. The van der Waals surface area contributed by atoms with Crippen LogP contribution >= 0.6 is 0 Å². The third-order valence-electron chi connectivity index (χ3n) is 5.03. The standard InChI is InChI=1S/C18H25N3O4/c1-11-8-14(12(2)20(11)9-13-6-5-7-25-13)15(22)10-21-16(23)18(3,4)19-17(21)24/h8,13H,5-7,9-10H2,1-4H3,(H,19,24)/t13-/m1/s1. The number of carbonyl (C=O) groups excluding carboxylic acids is 3. The molecule has 2 saturated heterocycles. The molecule has 136 valence electrons. The van der Waals surface area contributed by atoms with Crippen molar-refractivity contribution >= 4 is 17.7 Å². The lowest BCUT2D eigenvalue weighted by atomic mass is 10.1. The fourth-order valence-corrected chi connectivity index (χ4v) is 3.55. The average Bonchev–Trinajstić information content (AvgIpc) is 3.19. The van der Waals surface area contributed by atoms with E-state index in [0.717, 1.165) is 42.3 Å². The number of hydrogen-bond acceptors (Lipinski definition) is 4. The molecule has 2 aliphatic rings. The fraction of sp³-hybridized carbons (Fsp3) is 0.611. The molecule has 0 aromatic carbocycles. The molecule has 7 heteroatoms. The molecule has 0 unspecified atom stereocenters. The van der Waals surface area contributed by atoms with Gasteiger partial charge in [0, 0.05) is 30.1 Å². The van der Waals surface area contributed by atoms with E-state index >= 15 is 0 Å². The second-order valence-electron chi connectivity index (χ2n) is 7.40. The molecule has 0 radical (unpaired) electrons. The minimum atomic E-state index is -0.964. The molecule has 7 nitrogen and oxygen atoms in total. The summed E-state index contributed by atoms with van der Waals surface area (Å²) in [4.78, 5) is 37.9. The van der Waals surface area contributed by atoms with E-state index in [-0.39, 0.29) is 24.3 Å². The molecule has 1 aromatic rings. The number of rotatable bonds is 5. The summed E-state index contributed by atoms with van der Waals surface area (Å²) >= 11 is 0. The molecular weight excluding hydrogens is 322 g/mol. The first kappa shape index (κ1) is 17.7. The Kier molecular flexibility index (Phi) is 4.45. The summed E-state index contributed by atoms with van der Waals surface area (Å²) in [5.74, 6) is -0.605. The average molecular weight is 347 g/mol. The van der Waals surface area contributed by atoms with E-state index in [9.17, 15) is 14.4 Å². The van der Waals surface area contributed by atoms with E-state index in [1.165, 1.54) is 0 Å². The Labute approximate surface area is 147 Å². The Morgan fingerprint density at radius 2 is 2.08 bits per heavy atom. The lowest BCUT2D eigenvalue weighted by Crippen LogP contribution is -2.41. The van der Waals surface area contributed by atoms with Gasteiger partial charge in [0.1, 0.15) is 5.54 Å². The number of nitrogens with zero attached hydrogens (tertiary/aromatic N) is 2. The molecule has 1 aromatic heterocycles. The normalized spacial score (nSPS) is 22.6. The fourth-order valence-electron chi connectivity index (χ4n) is 3.55. The van der Waals surface area contributed by atoms with Gasteiger partial charge in [-0.1, -0.05) is 0 Å². The van der Waals surface area contributed by atoms with Crippen molar-refractivity contribution in [1.29, 1.82) is 0 Å². The van der Waals surface area contributed by atoms with E-state index in [1.54, 1.807) is 13.8 Å². The number of urea groups is 1. The predicted octanol–water partition coefficient (Wildman–Crippen LogP) is 1.80. The SMILES string of the molecule is Cc1cc(C(=O)CN2C(=O)NC(C)(C)C2=O)c(C)n1C[C@H]1CCCO1. The Morgan fingerprint density at radius 3 is 2.64 bits per heavy atom. The smallest absolute Gasteiger partial charge is 0.325 e. The number of carbonyl (C=O) groups is 3. The van der Waals surface area contributed by atoms with Gasteiger partial charge in [-0.2, -0.15) is 0 Å². The molecule has 2 aliphatic heterocycles. The molecule has 3 rings (SSSR count). The molecule has 2 fully saturated rings. The van der Waals surface area contributed by atoms with Crippen molar-refractivity contribution in [3.63, 3.8) is 0 Å². The first-order valence-corrected chi connectivity index (χ1v) is 8.66. The summed E-state index contributed by atoms with van der Waals surface area (Å²) in [6, 6.07) is 1.31. The van der Waals surface area contributed by atoms with Gasteiger partial charge in [0.2, 0.25) is 0 Å². The zero-order valence-corrected chi connectivity index (χ0v) is 15.2. The molecule has 3 amide bonds. The number of imide groups is 1. The molecule has 0 saturated carbocycles. The Morgan fingerprint density at radius 1 is 1.36 bits per heavy atom. The van der Waals surface area contributed by atoms with Crippen LogP contribution in [0.2, 0.25) is 0 Å². The van der Waals surface area contributed by atoms with Gasteiger partial charge in [0.25, 0.3) is 5.91 Å². The van der Waals surface area contributed by atoms with Crippen LogP contribution in [-0.4, -0.2) is 52.0 Å². The highest BCUT2D eigenvalue weighted by molar-refractivity contribution is 6.11. The van der Waals surface area contributed by atoms with Crippen molar-refractivity contribution < 1.29 is 19.1 Å². The Balaban J connectivity index is 1.76. The molecular formula is C18H25N3O4. The minimum absolute atomic E-state index is 0.180. The number of hydrogen-bond donors (Lipinski definition) is 1. The van der Waals surface area contributed by atoms with Crippen LogP contribution in [0.3, 0.4) is 0 Å². The van der Waals surface area contributed by atoms with Crippen LogP contribution in [0.4, 0.5) is 4.79 Å². The predicted molar refractivity (Wildman–Crippen MR) is 91.5 cm³/mol. The molecule has 0 bridgehead atoms. The van der Waals surface area contributed by atoms with E-state index in [2.05, 4.69) is 9.88 Å². The van der Waals surface area contributed by atoms with E-state index < -0.39 is 11.6 Å². The molecule has 25 heavy (non-hydrogen) atoms. The summed E-state index contributed by atoms with van der Waals surface area (Å²) < 4.78 is 7.77. The summed E-state index contributed by atoms with van der Waals surface area (Å²) in [6.45, 7) is 8.38. The van der Waals surface area contributed by atoms with Gasteiger partial charge in [-0.15, -0.1) is 0 Å². The van der Waals surface area contributed by atoms with Gasteiger partial charge in [-0.3, -0.25) is 14.5 Å². The molecule has 1 atom stereocenters. The van der Waals surface area contributed by atoms with Crippen LogP contribution < -0.4 is 5.32 Å². The number of amides is 3. The van der Waals surface area contributed by atoms with Gasteiger partial charge in [-0.25, -0.2) is 4.79 Å². The van der Waals surface area contributed by atoms with E-state index in [1.807, 2.05) is 19.9 Å². The van der Waals surface area contributed by atoms with Crippen LogP contribution in [0.15, 0.2) is 6.07 Å². The van der Waals surface area contributed by atoms with Gasteiger partial charge >= 0.3 is 6.03 Å². The lowest BCUT2D eigenvalue weighted by molar-refractivity contribution is -0.129. The largest absolute Gasteiger partial charge is 0.376 e. The highest BCUT2D eigenvalue weighted by Crippen LogP contribution is 2.22. The zero-order chi connectivity index (χ0) is 18.4. The maximum Gasteiger partial charge on any atom is 0.325 e. The first-order chi connectivity index (χ1) is 11.7. The van der Waals surface area contributed by atoms with E-state index in [4.69, 9.17) is 4.74 Å². The third kappa shape index (κ3) is 3.20. The van der Waals surface area contributed by atoms with Crippen molar-refractivity contribution in [2.45, 2.75) is 58.7 Å². The van der Waals surface area contributed by atoms with Crippen molar-refractivity contribution in [3.8, 4) is 0 Å². The summed E-state index contributed by atoms with van der Waals surface area (Å²) in [5, 5.41) is 2.59. The topological polar surface area (TPSA) is 80.6 Å². The zero-order valence-electron chi connectivity index (χ0n) is 15.2. The maximum atomic E-state index is 12.7. The van der Waals surface area contributed by atoms with Crippen LogP contribution in [0, 0.1) is 13.8 Å². The van der Waals surface area contributed by atoms with Crippen LogP contribution in [0.1, 0.15) is 48.4 Å². The third-order valence-corrected chi connectivity index (χ3v) is 5.03. The van der Waals surface area contributed by atoms with Crippen molar-refractivity contribution in [3.05, 3.63) is 23.0 Å². The van der Waals surface area contributed by atoms with Gasteiger partial charge in [0.05, 0.1) is 12.6 Å². The lowest BCUT2D eigenvalue weighted by Gasteiger charge is -2.16. The Bertz CT molecular complexity index is 729. The molecule has 0 aliphatic carbocycles. The van der Waals surface area contributed by atoms with Crippen molar-refractivity contribution in [1.82, 2.24) is 14.8 Å². The Hall–Kier alpha value is -2.15. The van der Waals surface area contributed by atoms with Crippen LogP contribution in [0.25, 0.3) is 0 Å². The number of ether oxygens (including phenoxy) is 1. The van der Waals surface area contributed by atoms with Crippen molar-refractivity contribution in [2.24, 2.45) is 0 Å². The molecule has 1 N–H and O–H groups in total. The number of ketones is 1.